The summed E-state index contributed by atoms with van der Waals surface area (Å²) in [5.41, 5.74) is 1.36. The van der Waals surface area contributed by atoms with Crippen LogP contribution in [0.2, 0.25) is 0 Å². The molecule has 0 aliphatic heterocycles. The summed E-state index contributed by atoms with van der Waals surface area (Å²) in [5, 5.41) is 10.9. The van der Waals surface area contributed by atoms with Crippen molar-refractivity contribution >= 4 is 5.69 Å². The SMILES string of the molecule is CC(=C(F)F)C1CCCc2c1cccc2[N+](=O)[O-]. The van der Waals surface area contributed by atoms with E-state index in [0.29, 0.717) is 30.4 Å². The number of rotatable bonds is 2. The molecule has 0 radical (unpaired) electrons. The van der Waals surface area contributed by atoms with Crippen molar-refractivity contribution in [3.05, 3.63) is 51.1 Å². The van der Waals surface area contributed by atoms with E-state index in [2.05, 4.69) is 0 Å². The van der Waals surface area contributed by atoms with E-state index in [1.54, 1.807) is 12.1 Å². The molecule has 1 aromatic rings. The van der Waals surface area contributed by atoms with Crippen molar-refractivity contribution in [1.82, 2.24) is 0 Å². The van der Waals surface area contributed by atoms with Crippen molar-refractivity contribution in [3.8, 4) is 0 Å². The highest BCUT2D eigenvalue weighted by Crippen LogP contribution is 2.41. The number of nitro benzene ring substituents is 1. The minimum atomic E-state index is -1.68. The molecule has 1 aromatic carbocycles. The Kier molecular flexibility index (Phi) is 3.41. The van der Waals surface area contributed by atoms with Gasteiger partial charge in [-0.05, 0) is 37.3 Å². The van der Waals surface area contributed by atoms with Gasteiger partial charge < -0.3 is 0 Å². The number of benzene rings is 1. The molecule has 0 saturated heterocycles. The fraction of sp³-hybridized carbons (Fsp3) is 0.385. The third kappa shape index (κ3) is 2.12. The Bertz CT molecular complexity index is 522. The van der Waals surface area contributed by atoms with E-state index in [4.69, 9.17) is 0 Å². The van der Waals surface area contributed by atoms with Crippen LogP contribution in [0.15, 0.2) is 29.9 Å². The number of hydrogen-bond acceptors (Lipinski definition) is 2. The molecule has 0 saturated carbocycles. The van der Waals surface area contributed by atoms with Gasteiger partial charge >= 0.3 is 0 Å². The first-order valence-electron chi connectivity index (χ1n) is 5.80. The van der Waals surface area contributed by atoms with Crippen molar-refractivity contribution in [2.24, 2.45) is 0 Å². The highest BCUT2D eigenvalue weighted by atomic mass is 19.3. The predicted octanol–water partition coefficient (Wildman–Crippen LogP) is 4.19. The molecule has 0 bridgehead atoms. The molecule has 2 rings (SSSR count). The zero-order valence-electron chi connectivity index (χ0n) is 9.95. The molecule has 18 heavy (non-hydrogen) atoms. The van der Waals surface area contributed by atoms with E-state index < -0.39 is 16.9 Å². The Morgan fingerprint density at radius 3 is 2.78 bits per heavy atom. The quantitative estimate of drug-likeness (QED) is 0.586. The molecule has 1 aliphatic carbocycles. The molecule has 0 N–H and O–H groups in total. The van der Waals surface area contributed by atoms with Gasteiger partial charge in [-0.15, -0.1) is 0 Å². The Morgan fingerprint density at radius 2 is 2.17 bits per heavy atom. The Morgan fingerprint density at radius 1 is 1.44 bits per heavy atom. The summed E-state index contributed by atoms with van der Waals surface area (Å²) in [5.74, 6) is -0.390. The lowest BCUT2D eigenvalue weighted by atomic mass is 9.79. The van der Waals surface area contributed by atoms with Gasteiger partial charge in [0.15, 0.2) is 0 Å². The van der Waals surface area contributed by atoms with Crippen LogP contribution in [0.5, 0.6) is 0 Å². The maximum absolute atomic E-state index is 12.7. The van der Waals surface area contributed by atoms with Gasteiger partial charge in [0, 0.05) is 17.5 Å². The summed E-state index contributed by atoms with van der Waals surface area (Å²) in [4.78, 5) is 10.5. The van der Waals surface area contributed by atoms with E-state index in [-0.39, 0.29) is 11.3 Å². The molecule has 3 nitrogen and oxygen atoms in total. The molecular formula is C13H13F2NO2. The molecule has 0 aromatic heterocycles. The normalized spacial score (nSPS) is 18.1. The van der Waals surface area contributed by atoms with Gasteiger partial charge in [-0.1, -0.05) is 12.1 Å². The van der Waals surface area contributed by atoms with Crippen molar-refractivity contribution < 1.29 is 13.7 Å². The number of nitro groups is 1. The van der Waals surface area contributed by atoms with Crippen molar-refractivity contribution in [3.63, 3.8) is 0 Å². The summed E-state index contributed by atoms with van der Waals surface area (Å²) in [6.07, 6.45) is 0.230. The zero-order chi connectivity index (χ0) is 13.3. The first-order chi connectivity index (χ1) is 8.52. The van der Waals surface area contributed by atoms with Gasteiger partial charge in [0.2, 0.25) is 0 Å². The van der Waals surface area contributed by atoms with Crippen LogP contribution in [-0.2, 0) is 6.42 Å². The van der Waals surface area contributed by atoms with Gasteiger partial charge in [-0.25, -0.2) is 0 Å². The third-order valence-corrected chi connectivity index (χ3v) is 3.50. The van der Waals surface area contributed by atoms with Gasteiger partial charge in [0.1, 0.15) is 0 Å². The number of allylic oxidation sites excluding steroid dienone is 1. The van der Waals surface area contributed by atoms with Crippen LogP contribution in [0.3, 0.4) is 0 Å². The fourth-order valence-corrected chi connectivity index (χ4v) is 2.58. The molecule has 0 spiro atoms. The molecule has 96 valence electrons. The number of hydrogen-bond donors (Lipinski definition) is 0. The summed E-state index contributed by atoms with van der Waals surface area (Å²) in [6.45, 7) is 1.40. The van der Waals surface area contributed by atoms with Crippen LogP contribution >= 0.6 is 0 Å². The molecule has 0 heterocycles. The minimum absolute atomic E-state index is 0.0245. The highest BCUT2D eigenvalue weighted by Gasteiger charge is 2.28. The number of nitrogens with zero attached hydrogens (tertiary/aromatic N) is 1. The lowest BCUT2D eigenvalue weighted by Gasteiger charge is -2.25. The van der Waals surface area contributed by atoms with Crippen LogP contribution < -0.4 is 0 Å². The van der Waals surface area contributed by atoms with Crippen LogP contribution in [0.1, 0.15) is 36.8 Å². The average molecular weight is 253 g/mol. The molecule has 0 amide bonds. The molecule has 5 heteroatoms. The number of fused-ring (bicyclic) bond motifs is 1. The largest absolute Gasteiger partial charge is 0.272 e. The second kappa shape index (κ2) is 4.84. The Labute approximate surface area is 103 Å². The van der Waals surface area contributed by atoms with Crippen molar-refractivity contribution in [1.29, 1.82) is 0 Å². The third-order valence-electron chi connectivity index (χ3n) is 3.50. The topological polar surface area (TPSA) is 43.1 Å². The van der Waals surface area contributed by atoms with Crippen LogP contribution in [0.4, 0.5) is 14.5 Å². The predicted molar refractivity (Wildman–Crippen MR) is 63.7 cm³/mol. The summed E-state index contributed by atoms with van der Waals surface area (Å²) in [6, 6.07) is 4.73. The molecule has 1 unspecified atom stereocenters. The lowest BCUT2D eigenvalue weighted by Crippen LogP contribution is -2.13. The van der Waals surface area contributed by atoms with Crippen LogP contribution in [-0.4, -0.2) is 4.92 Å². The van der Waals surface area contributed by atoms with Gasteiger partial charge in [-0.3, -0.25) is 10.1 Å². The minimum Gasteiger partial charge on any atom is -0.258 e. The molecule has 1 aliphatic rings. The van der Waals surface area contributed by atoms with Crippen molar-refractivity contribution in [2.45, 2.75) is 32.1 Å². The monoisotopic (exact) mass is 253 g/mol. The summed E-state index contributed by atoms with van der Waals surface area (Å²) < 4.78 is 25.4. The van der Waals surface area contributed by atoms with E-state index in [1.807, 2.05) is 0 Å². The summed E-state index contributed by atoms with van der Waals surface area (Å²) >= 11 is 0. The first kappa shape index (κ1) is 12.7. The molecule has 1 atom stereocenters. The fourth-order valence-electron chi connectivity index (χ4n) is 2.58. The number of halogens is 2. The van der Waals surface area contributed by atoms with Crippen molar-refractivity contribution in [2.75, 3.05) is 0 Å². The van der Waals surface area contributed by atoms with Crippen LogP contribution in [0, 0.1) is 10.1 Å². The maximum atomic E-state index is 12.7. The standard InChI is InChI=1S/C13H13F2NO2/c1-8(13(14)15)9-4-2-6-11-10(9)5-3-7-12(11)16(17)18/h3,5,7,9H,2,4,6H2,1H3. The zero-order valence-corrected chi connectivity index (χ0v) is 9.95. The smallest absolute Gasteiger partial charge is 0.258 e. The average Bonchev–Trinajstić information content (AvgIpc) is 2.36. The molecular weight excluding hydrogens is 240 g/mol. The van der Waals surface area contributed by atoms with Gasteiger partial charge in [-0.2, -0.15) is 8.78 Å². The van der Waals surface area contributed by atoms with E-state index in [1.165, 1.54) is 13.0 Å². The maximum Gasteiger partial charge on any atom is 0.272 e. The van der Waals surface area contributed by atoms with E-state index in [0.717, 1.165) is 0 Å². The van der Waals surface area contributed by atoms with E-state index >= 15 is 0 Å². The first-order valence-corrected chi connectivity index (χ1v) is 5.80. The molecule has 0 fully saturated rings. The van der Waals surface area contributed by atoms with Gasteiger partial charge in [0.25, 0.3) is 11.8 Å². The second-order valence-corrected chi connectivity index (χ2v) is 4.49. The second-order valence-electron chi connectivity index (χ2n) is 4.49. The van der Waals surface area contributed by atoms with Gasteiger partial charge in [0.05, 0.1) is 4.92 Å². The van der Waals surface area contributed by atoms with Crippen LogP contribution in [0.25, 0.3) is 0 Å². The Hall–Kier alpha value is -1.78. The summed E-state index contributed by atoms with van der Waals surface area (Å²) in [7, 11) is 0. The van der Waals surface area contributed by atoms with E-state index in [9.17, 15) is 18.9 Å². The highest BCUT2D eigenvalue weighted by molar-refractivity contribution is 5.50. The Balaban J connectivity index is 2.55. The lowest BCUT2D eigenvalue weighted by molar-refractivity contribution is -0.385.